The first-order valence-electron chi connectivity index (χ1n) is 6.59. The monoisotopic (exact) mass is 323 g/mol. The molecule has 0 bridgehead atoms. The molecule has 1 saturated carbocycles. The second kappa shape index (κ2) is 8.82. The second-order valence-corrected chi connectivity index (χ2v) is 6.96. The van der Waals surface area contributed by atoms with E-state index in [1.165, 1.54) is 37.7 Å². The van der Waals surface area contributed by atoms with Crippen LogP contribution in [0.3, 0.4) is 0 Å². The molecule has 1 N–H and O–H groups in total. The first-order valence-corrected chi connectivity index (χ1v) is 8.15. The minimum atomic E-state index is -0.0754. The SMILES string of the molecule is CC1=CC(C)[C]([Ti+2][NH]C2CCCCC2)=C1C.[Cl-].[Cl-]. The molecule has 1 nitrogen and oxygen atoms in total. The maximum absolute atomic E-state index is 3.88. The topological polar surface area (TPSA) is 12.0 Å². The van der Waals surface area contributed by atoms with Gasteiger partial charge < -0.3 is 24.8 Å². The van der Waals surface area contributed by atoms with Crippen molar-refractivity contribution in [1.82, 2.24) is 3.80 Å². The summed E-state index contributed by atoms with van der Waals surface area (Å²) in [5, 5.41) is 0. The van der Waals surface area contributed by atoms with Crippen LogP contribution in [0.2, 0.25) is 0 Å². The van der Waals surface area contributed by atoms with Gasteiger partial charge in [0.05, 0.1) is 0 Å². The van der Waals surface area contributed by atoms with Gasteiger partial charge in [0.25, 0.3) is 0 Å². The van der Waals surface area contributed by atoms with Gasteiger partial charge >= 0.3 is 109 Å². The van der Waals surface area contributed by atoms with E-state index in [0.29, 0.717) is 5.92 Å². The molecule has 0 aliphatic heterocycles. The normalized spacial score (nSPS) is 23.9. The summed E-state index contributed by atoms with van der Waals surface area (Å²) in [4.78, 5) is 0. The van der Waals surface area contributed by atoms with Crippen molar-refractivity contribution in [3.63, 3.8) is 0 Å². The Bertz CT molecular complexity index is 320. The maximum atomic E-state index is 3.88. The number of rotatable bonds is 3. The van der Waals surface area contributed by atoms with Crippen LogP contribution < -0.4 is 28.6 Å². The molecule has 1 fully saturated rings. The molecule has 4 heteroatoms. The van der Waals surface area contributed by atoms with Gasteiger partial charge in [-0.2, -0.15) is 0 Å². The zero-order chi connectivity index (χ0) is 11.5. The van der Waals surface area contributed by atoms with Crippen molar-refractivity contribution in [2.45, 2.75) is 58.9 Å². The quantitative estimate of drug-likeness (QED) is 0.581. The molecular formula is C14H23Cl2NTi. The zero-order valence-corrected chi connectivity index (χ0v) is 14.6. The van der Waals surface area contributed by atoms with Crippen LogP contribution in [-0.4, -0.2) is 6.04 Å². The smallest absolute Gasteiger partial charge is 1.00 e. The van der Waals surface area contributed by atoms with Crippen LogP contribution in [0.4, 0.5) is 0 Å². The molecule has 0 radical (unpaired) electrons. The number of hydrogen-bond acceptors (Lipinski definition) is 1. The van der Waals surface area contributed by atoms with Gasteiger partial charge in [0, 0.05) is 0 Å². The van der Waals surface area contributed by atoms with Gasteiger partial charge in [0.1, 0.15) is 0 Å². The van der Waals surface area contributed by atoms with Crippen molar-refractivity contribution < 1.29 is 44.2 Å². The zero-order valence-electron chi connectivity index (χ0n) is 11.5. The van der Waals surface area contributed by atoms with Crippen LogP contribution in [0.15, 0.2) is 21.1 Å². The van der Waals surface area contributed by atoms with Crippen molar-refractivity contribution in [3.05, 3.63) is 21.1 Å². The predicted octanol–water partition coefficient (Wildman–Crippen LogP) is -2.22. The molecule has 1 atom stereocenters. The Morgan fingerprint density at radius 2 is 1.72 bits per heavy atom. The van der Waals surface area contributed by atoms with E-state index >= 15 is 0 Å². The van der Waals surface area contributed by atoms with Crippen molar-refractivity contribution in [3.8, 4) is 0 Å². The maximum Gasteiger partial charge on any atom is -1.00 e. The van der Waals surface area contributed by atoms with Crippen LogP contribution in [0.5, 0.6) is 0 Å². The Kier molecular flexibility index (Phi) is 9.18. The fraction of sp³-hybridized carbons (Fsp3) is 0.714. The Morgan fingerprint density at radius 1 is 1.11 bits per heavy atom. The van der Waals surface area contributed by atoms with Gasteiger partial charge in [-0.1, -0.05) is 0 Å². The molecule has 2 aliphatic carbocycles. The largest absolute Gasteiger partial charge is 1.00 e. The number of nitrogens with one attached hydrogen (secondary N) is 1. The Hall–Kier alpha value is 0.734. The third-order valence-corrected chi connectivity index (χ3v) is 6.55. The van der Waals surface area contributed by atoms with Crippen LogP contribution in [0, 0.1) is 5.92 Å². The molecule has 2 aliphatic rings. The molecule has 0 heterocycles. The number of hydrogen-bond donors (Lipinski definition) is 1. The van der Waals surface area contributed by atoms with E-state index < -0.39 is 0 Å². The van der Waals surface area contributed by atoms with E-state index in [4.69, 9.17) is 0 Å². The summed E-state index contributed by atoms with van der Waals surface area (Å²) in [5.74, 6) is 0.705. The summed E-state index contributed by atoms with van der Waals surface area (Å²) in [6.45, 7) is 6.91. The minimum Gasteiger partial charge on any atom is -1.00 e. The van der Waals surface area contributed by atoms with Crippen LogP contribution in [0.1, 0.15) is 52.9 Å². The summed E-state index contributed by atoms with van der Waals surface area (Å²) >= 11 is -0.0754. The van der Waals surface area contributed by atoms with Gasteiger partial charge in [-0.3, -0.25) is 0 Å². The summed E-state index contributed by atoms with van der Waals surface area (Å²) in [7, 11) is 0. The Balaban J connectivity index is 0.00000144. The molecule has 18 heavy (non-hydrogen) atoms. The van der Waals surface area contributed by atoms with E-state index in [0.717, 1.165) is 6.04 Å². The molecule has 0 aromatic heterocycles. The van der Waals surface area contributed by atoms with Crippen LogP contribution >= 0.6 is 0 Å². The van der Waals surface area contributed by atoms with Gasteiger partial charge in [-0.15, -0.1) is 0 Å². The second-order valence-electron chi connectivity index (χ2n) is 5.28. The summed E-state index contributed by atoms with van der Waals surface area (Å²) in [6.07, 6.45) is 9.59. The molecule has 0 saturated heterocycles. The Morgan fingerprint density at radius 3 is 2.22 bits per heavy atom. The van der Waals surface area contributed by atoms with E-state index in [-0.39, 0.29) is 44.2 Å². The van der Waals surface area contributed by atoms with Crippen molar-refractivity contribution >= 4 is 0 Å². The summed E-state index contributed by atoms with van der Waals surface area (Å²) in [6, 6.07) is 0.835. The van der Waals surface area contributed by atoms with E-state index in [1.807, 2.05) is 0 Å². The molecule has 2 rings (SSSR count). The fourth-order valence-electron chi connectivity index (χ4n) is 2.77. The van der Waals surface area contributed by atoms with Gasteiger partial charge in [0.2, 0.25) is 0 Å². The first-order chi connectivity index (χ1) is 7.68. The average molecular weight is 324 g/mol. The van der Waals surface area contributed by atoms with E-state index in [1.54, 1.807) is 9.45 Å². The van der Waals surface area contributed by atoms with Crippen molar-refractivity contribution in [2.75, 3.05) is 0 Å². The molecular weight excluding hydrogens is 301 g/mol. The molecule has 0 aromatic rings. The molecule has 1 unspecified atom stereocenters. The molecule has 0 aromatic carbocycles. The van der Waals surface area contributed by atoms with Crippen LogP contribution in [-0.2, 0) is 19.4 Å². The fourth-order valence-corrected chi connectivity index (χ4v) is 4.87. The standard InChI is InChI=1S/C8H11.C6H12N.2ClH.Ti/c1-6-4-7(2)8(3)5-6;7-6-4-2-1-3-5-6;;;/h4,6H,1-3H3;6-7H,1-5H2;2*1H;/q;-1;;;+3/p-2. The third-order valence-electron chi connectivity index (χ3n) is 3.97. The number of halogens is 2. The Labute approximate surface area is 133 Å². The van der Waals surface area contributed by atoms with Crippen molar-refractivity contribution in [2.24, 2.45) is 5.92 Å². The molecule has 0 spiro atoms. The molecule has 102 valence electrons. The number of allylic oxidation sites excluding steroid dienone is 4. The van der Waals surface area contributed by atoms with Gasteiger partial charge in [0.15, 0.2) is 0 Å². The van der Waals surface area contributed by atoms with Gasteiger partial charge in [-0.05, 0) is 0 Å². The predicted molar refractivity (Wildman–Crippen MR) is 65.6 cm³/mol. The van der Waals surface area contributed by atoms with Gasteiger partial charge in [-0.25, -0.2) is 0 Å². The van der Waals surface area contributed by atoms with E-state index in [2.05, 4.69) is 30.6 Å². The third kappa shape index (κ3) is 4.69. The van der Waals surface area contributed by atoms with Crippen LogP contribution in [0.25, 0.3) is 0 Å². The summed E-state index contributed by atoms with van der Waals surface area (Å²) < 4.78 is 5.62. The molecule has 0 amide bonds. The van der Waals surface area contributed by atoms with Crippen molar-refractivity contribution in [1.29, 1.82) is 0 Å². The van der Waals surface area contributed by atoms with E-state index in [9.17, 15) is 0 Å². The average Bonchev–Trinajstić information content (AvgIpc) is 2.53. The first kappa shape index (κ1) is 18.7. The summed E-state index contributed by atoms with van der Waals surface area (Å²) in [5.41, 5.74) is 3.09. The minimum absolute atomic E-state index is 0.